The van der Waals surface area contributed by atoms with Gasteiger partial charge in [-0.1, -0.05) is 26.8 Å². The van der Waals surface area contributed by atoms with Crippen molar-refractivity contribution in [3.8, 4) is 28.2 Å². The molecule has 0 bridgehead atoms. The Hall–Kier alpha value is -5.09. The number of aromatic hydroxyl groups is 1. The number of aliphatic carboxylic acids is 1. The van der Waals surface area contributed by atoms with Crippen molar-refractivity contribution in [2.24, 2.45) is 46.3 Å². The summed E-state index contributed by atoms with van der Waals surface area (Å²) in [5, 5.41) is 74.0. The molecule has 8 rings (SSSR count). The molecule has 2 aromatic rings. The Bertz CT molecular complexity index is 2530. The van der Waals surface area contributed by atoms with Gasteiger partial charge < -0.3 is 51.0 Å². The van der Waals surface area contributed by atoms with Gasteiger partial charge in [0, 0.05) is 47.3 Å². The van der Waals surface area contributed by atoms with Crippen molar-refractivity contribution in [3.05, 3.63) is 70.4 Å². The van der Waals surface area contributed by atoms with E-state index in [0.29, 0.717) is 72.8 Å². The van der Waals surface area contributed by atoms with E-state index in [0.717, 1.165) is 25.7 Å². The minimum Gasteiger partial charge on any atom is -0.508 e. The molecule has 5 aliphatic carbocycles. The van der Waals surface area contributed by atoms with Crippen molar-refractivity contribution in [1.29, 1.82) is 0 Å². The molecule has 1 aliphatic heterocycles. The Labute approximate surface area is 389 Å². The molecule has 9 N–H and O–H groups in total. The van der Waals surface area contributed by atoms with Crippen molar-refractivity contribution in [2.45, 2.75) is 122 Å². The predicted molar refractivity (Wildman–Crippen MR) is 253 cm³/mol. The van der Waals surface area contributed by atoms with E-state index in [1.54, 1.807) is 24.3 Å². The summed E-state index contributed by atoms with van der Waals surface area (Å²) in [6.07, 6.45) is 6.24. The Morgan fingerprint density at radius 2 is 1.67 bits per heavy atom. The van der Waals surface area contributed by atoms with Crippen LogP contribution in [0.15, 0.2) is 63.8 Å². The number of anilines is 1. The summed E-state index contributed by atoms with van der Waals surface area (Å²) in [6.45, 7) is 7.04. The van der Waals surface area contributed by atoms with E-state index in [9.17, 15) is 49.8 Å². The lowest BCUT2D eigenvalue weighted by molar-refractivity contribution is -0.207. The molecule has 14 nitrogen and oxygen atoms in total. The van der Waals surface area contributed by atoms with Gasteiger partial charge in [-0.2, -0.15) is 0 Å². The molecule has 0 aromatic heterocycles. The van der Waals surface area contributed by atoms with E-state index in [2.05, 4.69) is 36.7 Å². The van der Waals surface area contributed by atoms with Gasteiger partial charge in [-0.25, -0.2) is 9.59 Å². The van der Waals surface area contributed by atoms with Gasteiger partial charge in [-0.05, 0) is 171 Å². The smallest absolute Gasteiger partial charge is 0.336 e. The van der Waals surface area contributed by atoms with Crippen LogP contribution in [0.5, 0.6) is 5.75 Å². The van der Waals surface area contributed by atoms with Crippen LogP contribution in [0.4, 0.5) is 5.69 Å². The maximum atomic E-state index is 13.2. The molecular formula is C51H63N3O11S. The highest BCUT2D eigenvalue weighted by Gasteiger charge is 2.65. The summed E-state index contributed by atoms with van der Waals surface area (Å²) in [6, 6.07) is 12.5. The molecule has 354 valence electrons. The molecule has 12 atom stereocenters. The summed E-state index contributed by atoms with van der Waals surface area (Å²) in [4.78, 5) is 50.2. The number of hydrogen-bond donors (Lipinski definition) is 9. The van der Waals surface area contributed by atoms with Crippen molar-refractivity contribution >= 4 is 51.8 Å². The fourth-order valence-corrected chi connectivity index (χ4v) is 13.5. The van der Waals surface area contributed by atoms with E-state index < -0.39 is 30.2 Å². The fourth-order valence-electron chi connectivity index (χ4n) is 13.2. The number of aliphatic hydroxyl groups is 3. The number of carboxylic acids is 2. The Kier molecular flexibility index (Phi) is 13.6. The SMILES string of the molecule is CC(CCC(=O)NC(CCCCNC(=S)Nc1ccc(-c2c3ccc(=O)cc-3oc3cc(O)ccc23)c(C(=O)O)c1)C(=O)O)C1CCC2C3C(O)CC4CC(O)CCC4(C)C3CC(O)C12C. The van der Waals surface area contributed by atoms with Crippen LogP contribution in [0.3, 0.4) is 0 Å². The third kappa shape index (κ3) is 9.03. The van der Waals surface area contributed by atoms with Gasteiger partial charge in [0.05, 0.1) is 23.9 Å². The number of carboxylic acid groups (broad SMARTS) is 2. The lowest BCUT2D eigenvalue weighted by Crippen LogP contribution is -2.62. The fraction of sp³-hybridized carbons (Fsp3) is 0.549. The van der Waals surface area contributed by atoms with Crippen molar-refractivity contribution in [1.82, 2.24) is 10.6 Å². The summed E-state index contributed by atoms with van der Waals surface area (Å²) in [5.74, 6) is -1.43. The first-order valence-corrected chi connectivity index (χ1v) is 24.0. The molecule has 2 aromatic carbocycles. The van der Waals surface area contributed by atoms with E-state index in [4.69, 9.17) is 16.6 Å². The molecule has 6 aliphatic rings. The van der Waals surface area contributed by atoms with E-state index in [1.165, 1.54) is 30.3 Å². The van der Waals surface area contributed by atoms with Gasteiger partial charge in [0.1, 0.15) is 23.1 Å². The van der Waals surface area contributed by atoms with Crippen LogP contribution >= 0.6 is 12.2 Å². The highest BCUT2D eigenvalue weighted by molar-refractivity contribution is 7.80. The maximum absolute atomic E-state index is 13.2. The number of carbonyl (C=O) groups excluding carboxylic acids is 1. The highest BCUT2D eigenvalue weighted by atomic mass is 32.1. The summed E-state index contributed by atoms with van der Waals surface area (Å²) < 4.78 is 5.91. The summed E-state index contributed by atoms with van der Waals surface area (Å²) >= 11 is 5.50. The monoisotopic (exact) mass is 925 g/mol. The first-order valence-electron chi connectivity index (χ1n) is 23.6. The highest BCUT2D eigenvalue weighted by Crippen LogP contribution is 2.68. The van der Waals surface area contributed by atoms with Crippen LogP contribution in [-0.2, 0) is 9.59 Å². The number of phenolic OH excluding ortho intramolecular Hbond substituents is 1. The molecule has 0 radical (unpaired) electrons. The van der Waals surface area contributed by atoms with Crippen LogP contribution in [0.25, 0.3) is 33.4 Å². The molecule has 0 spiro atoms. The molecule has 1 heterocycles. The molecule has 4 fully saturated rings. The first kappa shape index (κ1) is 47.4. The number of rotatable bonds is 14. The van der Waals surface area contributed by atoms with Crippen molar-refractivity contribution in [2.75, 3.05) is 11.9 Å². The summed E-state index contributed by atoms with van der Waals surface area (Å²) in [5.41, 5.74) is 1.38. The normalized spacial score (nSPS) is 30.1. The van der Waals surface area contributed by atoms with Crippen molar-refractivity contribution < 1.29 is 49.4 Å². The third-order valence-electron chi connectivity index (χ3n) is 16.6. The predicted octanol–water partition coefficient (Wildman–Crippen LogP) is 7.37. The van der Waals surface area contributed by atoms with Crippen molar-refractivity contribution in [3.63, 3.8) is 0 Å². The second kappa shape index (κ2) is 18.9. The van der Waals surface area contributed by atoms with Gasteiger partial charge in [-0.15, -0.1) is 0 Å². The van der Waals surface area contributed by atoms with E-state index >= 15 is 0 Å². The number of fused-ring (bicyclic) bond motifs is 7. The number of aliphatic hydroxyl groups excluding tert-OH is 3. The number of phenols is 1. The number of aromatic carboxylic acids is 1. The number of hydrogen-bond acceptors (Lipinski definition) is 10. The number of nitrogens with one attached hydrogen (secondary N) is 3. The second-order valence-electron chi connectivity index (χ2n) is 20.3. The summed E-state index contributed by atoms with van der Waals surface area (Å²) in [7, 11) is 0. The molecule has 15 heteroatoms. The minimum atomic E-state index is -1.20. The zero-order valence-electron chi connectivity index (χ0n) is 37.8. The third-order valence-corrected chi connectivity index (χ3v) is 16.9. The largest absolute Gasteiger partial charge is 0.508 e. The van der Waals surface area contributed by atoms with Crippen LogP contribution in [0, 0.1) is 46.3 Å². The molecule has 66 heavy (non-hydrogen) atoms. The molecular weight excluding hydrogens is 863 g/mol. The Balaban J connectivity index is 0.814. The zero-order valence-corrected chi connectivity index (χ0v) is 38.6. The Morgan fingerprint density at radius 3 is 2.42 bits per heavy atom. The van der Waals surface area contributed by atoms with Gasteiger partial charge in [0.25, 0.3) is 0 Å². The van der Waals surface area contributed by atoms with Gasteiger partial charge in [-0.3, -0.25) is 9.59 Å². The standard InChI is InChI=1S/C51H63N3O11S/c1-26(36-14-15-37-46-38(25-43(59)51(36,37)3)50(2)18-17-31(57)20-27(50)21-40(46)58)7-16-44(60)54-39(48(63)64)6-4-5-19-52-49(66)53-28-8-11-32(35(22-28)47(61)62)45-33-12-9-29(55)23-41(33)65-42-24-30(56)10-13-34(42)45/h8-13,22-24,26-27,31,36-40,43,46,55,57-59H,4-7,14-21,25H2,1-3H3,(H,54,60)(H,61,62)(H,63,64)(H2,52,53,66). The van der Waals surface area contributed by atoms with Gasteiger partial charge >= 0.3 is 11.9 Å². The number of carbonyl (C=O) groups is 3. The number of thiocarbonyl (C=S) groups is 1. The second-order valence-corrected chi connectivity index (χ2v) is 20.7. The van der Waals surface area contributed by atoms with Gasteiger partial charge in [0.2, 0.25) is 5.91 Å². The van der Waals surface area contributed by atoms with E-state index in [-0.39, 0.29) is 104 Å². The van der Waals surface area contributed by atoms with E-state index in [1.807, 2.05) is 0 Å². The quantitative estimate of drug-likeness (QED) is 0.0341. The number of amides is 1. The van der Waals surface area contributed by atoms with Crippen LogP contribution in [-0.4, -0.2) is 84.5 Å². The van der Waals surface area contributed by atoms with Crippen LogP contribution in [0.2, 0.25) is 0 Å². The molecule has 4 saturated carbocycles. The Morgan fingerprint density at radius 1 is 0.894 bits per heavy atom. The maximum Gasteiger partial charge on any atom is 0.336 e. The molecule has 1 amide bonds. The lowest BCUT2D eigenvalue weighted by Gasteiger charge is -2.63. The molecule has 0 saturated heterocycles. The number of unbranched alkanes of at least 4 members (excludes halogenated alkanes) is 1. The average molecular weight is 926 g/mol. The topological polar surface area (TPSA) is 239 Å². The minimum absolute atomic E-state index is 0.00554. The lowest BCUT2D eigenvalue weighted by atomic mass is 9.43. The zero-order chi connectivity index (χ0) is 47.2. The first-order chi connectivity index (χ1) is 31.4. The number of benzene rings is 3. The molecule has 12 unspecified atom stereocenters. The van der Waals surface area contributed by atoms with Crippen LogP contribution < -0.4 is 21.4 Å². The average Bonchev–Trinajstić information content (AvgIpc) is 3.63. The van der Waals surface area contributed by atoms with Gasteiger partial charge in [0.15, 0.2) is 10.5 Å². The van der Waals surface area contributed by atoms with Crippen LogP contribution in [0.1, 0.15) is 108 Å².